The first kappa shape index (κ1) is 14.6. The van der Waals surface area contributed by atoms with E-state index in [1.54, 1.807) is 12.4 Å². The van der Waals surface area contributed by atoms with Crippen LogP contribution in [0, 0.1) is 0 Å². The number of benzene rings is 1. The standard InChI is InChI=1S/C17H21N3O2/c1-2-21-15-8-3-4-9-16(15)22-14-7-5-12-20(13-14)17-18-10-6-11-19-17/h3-4,6,8-11,14H,2,5,7,12-13H2,1H3. The number of piperidine rings is 1. The summed E-state index contributed by atoms with van der Waals surface area (Å²) in [5.74, 6) is 2.39. The molecular weight excluding hydrogens is 278 g/mol. The molecule has 1 unspecified atom stereocenters. The molecule has 116 valence electrons. The first-order chi connectivity index (χ1) is 10.9. The summed E-state index contributed by atoms with van der Waals surface area (Å²) in [6.45, 7) is 4.38. The van der Waals surface area contributed by atoms with Crippen molar-refractivity contribution in [3.8, 4) is 11.5 Å². The Hall–Kier alpha value is -2.30. The zero-order valence-electron chi connectivity index (χ0n) is 12.8. The summed E-state index contributed by atoms with van der Waals surface area (Å²) in [5.41, 5.74) is 0. The summed E-state index contributed by atoms with van der Waals surface area (Å²) in [6, 6.07) is 9.67. The highest BCUT2D eigenvalue weighted by Crippen LogP contribution is 2.29. The van der Waals surface area contributed by atoms with Gasteiger partial charge in [0.1, 0.15) is 6.10 Å². The third-order valence-electron chi connectivity index (χ3n) is 3.66. The molecule has 22 heavy (non-hydrogen) atoms. The summed E-state index contributed by atoms with van der Waals surface area (Å²) < 4.78 is 11.8. The third kappa shape index (κ3) is 3.47. The molecule has 0 radical (unpaired) electrons. The molecule has 2 heterocycles. The molecule has 3 rings (SSSR count). The number of aromatic nitrogens is 2. The van der Waals surface area contributed by atoms with Gasteiger partial charge in [-0.25, -0.2) is 9.97 Å². The Morgan fingerprint density at radius 2 is 1.91 bits per heavy atom. The Kier molecular flexibility index (Phi) is 4.73. The number of para-hydroxylation sites is 2. The van der Waals surface area contributed by atoms with Gasteiger partial charge < -0.3 is 14.4 Å². The minimum atomic E-state index is 0.124. The van der Waals surface area contributed by atoms with Crippen LogP contribution < -0.4 is 14.4 Å². The highest BCUT2D eigenvalue weighted by Gasteiger charge is 2.23. The molecule has 0 saturated carbocycles. The molecule has 1 aliphatic rings. The minimum absolute atomic E-state index is 0.124. The highest BCUT2D eigenvalue weighted by molar-refractivity contribution is 5.40. The van der Waals surface area contributed by atoms with E-state index in [0.717, 1.165) is 43.4 Å². The maximum Gasteiger partial charge on any atom is 0.225 e. The normalized spacial score (nSPS) is 18.0. The summed E-state index contributed by atoms with van der Waals surface area (Å²) in [6.07, 6.45) is 5.77. The molecule has 1 aliphatic heterocycles. The summed E-state index contributed by atoms with van der Waals surface area (Å²) in [5, 5.41) is 0. The predicted octanol–water partition coefficient (Wildman–Crippen LogP) is 2.92. The summed E-state index contributed by atoms with van der Waals surface area (Å²) in [7, 11) is 0. The maximum atomic E-state index is 6.17. The van der Waals surface area contributed by atoms with Gasteiger partial charge in [-0.15, -0.1) is 0 Å². The van der Waals surface area contributed by atoms with Crippen molar-refractivity contribution >= 4 is 5.95 Å². The second-order valence-corrected chi connectivity index (χ2v) is 5.26. The fourth-order valence-corrected chi connectivity index (χ4v) is 2.67. The van der Waals surface area contributed by atoms with Crippen LogP contribution in [0.4, 0.5) is 5.95 Å². The van der Waals surface area contributed by atoms with Crippen molar-refractivity contribution in [2.75, 3.05) is 24.6 Å². The Morgan fingerprint density at radius 1 is 1.14 bits per heavy atom. The SMILES string of the molecule is CCOc1ccccc1OC1CCCN(c2ncccn2)C1. The average molecular weight is 299 g/mol. The van der Waals surface area contributed by atoms with Crippen molar-refractivity contribution in [2.24, 2.45) is 0 Å². The van der Waals surface area contributed by atoms with Crippen molar-refractivity contribution < 1.29 is 9.47 Å². The van der Waals surface area contributed by atoms with Crippen LogP contribution >= 0.6 is 0 Å². The van der Waals surface area contributed by atoms with Crippen LogP contribution in [0.15, 0.2) is 42.7 Å². The topological polar surface area (TPSA) is 47.5 Å². The van der Waals surface area contributed by atoms with Gasteiger partial charge in [-0.3, -0.25) is 0 Å². The molecule has 1 fully saturated rings. The zero-order chi connectivity index (χ0) is 15.2. The molecule has 5 heteroatoms. The van der Waals surface area contributed by atoms with Crippen molar-refractivity contribution in [2.45, 2.75) is 25.9 Å². The molecule has 1 aromatic carbocycles. The van der Waals surface area contributed by atoms with E-state index in [9.17, 15) is 0 Å². The average Bonchev–Trinajstić information content (AvgIpc) is 2.58. The zero-order valence-corrected chi connectivity index (χ0v) is 12.8. The second-order valence-electron chi connectivity index (χ2n) is 5.26. The molecule has 5 nitrogen and oxygen atoms in total. The van der Waals surface area contributed by atoms with Gasteiger partial charge in [-0.2, -0.15) is 0 Å². The molecule has 1 aromatic heterocycles. The Balaban J connectivity index is 1.68. The molecule has 0 aliphatic carbocycles. The minimum Gasteiger partial charge on any atom is -0.490 e. The van der Waals surface area contributed by atoms with E-state index in [1.807, 2.05) is 37.3 Å². The number of hydrogen-bond donors (Lipinski definition) is 0. The van der Waals surface area contributed by atoms with E-state index in [1.165, 1.54) is 0 Å². The van der Waals surface area contributed by atoms with Crippen LogP contribution in [0.2, 0.25) is 0 Å². The molecule has 1 atom stereocenters. The third-order valence-corrected chi connectivity index (χ3v) is 3.66. The van der Waals surface area contributed by atoms with E-state index in [0.29, 0.717) is 6.61 Å². The van der Waals surface area contributed by atoms with Crippen LogP contribution in [0.25, 0.3) is 0 Å². The lowest BCUT2D eigenvalue weighted by molar-refractivity contribution is 0.169. The van der Waals surface area contributed by atoms with Gasteiger partial charge in [0.05, 0.1) is 13.2 Å². The Bertz CT molecular complexity index is 591. The summed E-state index contributed by atoms with van der Waals surface area (Å²) in [4.78, 5) is 10.8. The first-order valence-electron chi connectivity index (χ1n) is 7.77. The molecule has 2 aromatic rings. The Labute approximate surface area is 130 Å². The quantitative estimate of drug-likeness (QED) is 0.849. The lowest BCUT2D eigenvalue weighted by atomic mass is 10.1. The lowest BCUT2D eigenvalue weighted by Crippen LogP contribution is -2.42. The number of hydrogen-bond acceptors (Lipinski definition) is 5. The number of nitrogens with zero attached hydrogens (tertiary/aromatic N) is 3. The molecule has 0 spiro atoms. The molecule has 1 saturated heterocycles. The van der Waals surface area contributed by atoms with E-state index in [4.69, 9.17) is 9.47 Å². The van der Waals surface area contributed by atoms with Crippen LogP contribution in [-0.2, 0) is 0 Å². The van der Waals surface area contributed by atoms with Crippen LogP contribution in [0.1, 0.15) is 19.8 Å². The number of ether oxygens (including phenoxy) is 2. The second kappa shape index (κ2) is 7.11. The van der Waals surface area contributed by atoms with Gasteiger partial charge in [0.15, 0.2) is 11.5 Å². The van der Waals surface area contributed by atoms with Crippen LogP contribution in [-0.4, -0.2) is 35.8 Å². The van der Waals surface area contributed by atoms with Gasteiger partial charge in [0.25, 0.3) is 0 Å². The van der Waals surface area contributed by atoms with Gasteiger partial charge in [-0.1, -0.05) is 12.1 Å². The molecule has 0 amide bonds. The van der Waals surface area contributed by atoms with E-state index in [2.05, 4.69) is 14.9 Å². The molecule has 0 N–H and O–H groups in total. The lowest BCUT2D eigenvalue weighted by Gasteiger charge is -2.33. The molecule has 0 bridgehead atoms. The highest BCUT2D eigenvalue weighted by atomic mass is 16.5. The fourth-order valence-electron chi connectivity index (χ4n) is 2.67. The van der Waals surface area contributed by atoms with Crippen molar-refractivity contribution in [1.29, 1.82) is 0 Å². The van der Waals surface area contributed by atoms with Gasteiger partial charge in [0, 0.05) is 18.9 Å². The molecular formula is C17H21N3O2. The van der Waals surface area contributed by atoms with E-state index in [-0.39, 0.29) is 6.10 Å². The number of rotatable bonds is 5. The monoisotopic (exact) mass is 299 g/mol. The fraction of sp³-hybridized carbons (Fsp3) is 0.412. The predicted molar refractivity (Wildman–Crippen MR) is 85.5 cm³/mol. The number of anilines is 1. The van der Waals surface area contributed by atoms with Crippen LogP contribution in [0.5, 0.6) is 11.5 Å². The van der Waals surface area contributed by atoms with Gasteiger partial charge in [-0.05, 0) is 38.0 Å². The first-order valence-corrected chi connectivity index (χ1v) is 7.77. The van der Waals surface area contributed by atoms with E-state index < -0.39 is 0 Å². The van der Waals surface area contributed by atoms with E-state index >= 15 is 0 Å². The smallest absolute Gasteiger partial charge is 0.225 e. The largest absolute Gasteiger partial charge is 0.490 e. The van der Waals surface area contributed by atoms with Crippen LogP contribution in [0.3, 0.4) is 0 Å². The Morgan fingerprint density at radius 3 is 2.68 bits per heavy atom. The van der Waals surface area contributed by atoms with Gasteiger partial charge >= 0.3 is 0 Å². The van der Waals surface area contributed by atoms with Crippen molar-refractivity contribution in [3.05, 3.63) is 42.7 Å². The maximum absolute atomic E-state index is 6.17. The summed E-state index contributed by atoms with van der Waals surface area (Å²) >= 11 is 0. The van der Waals surface area contributed by atoms with Crippen molar-refractivity contribution in [3.63, 3.8) is 0 Å². The van der Waals surface area contributed by atoms with Gasteiger partial charge in [0.2, 0.25) is 5.95 Å². The van der Waals surface area contributed by atoms with Crippen molar-refractivity contribution in [1.82, 2.24) is 9.97 Å².